The zero-order valence-electron chi connectivity index (χ0n) is 25.8. The van der Waals surface area contributed by atoms with E-state index in [9.17, 15) is 24.1 Å². The molecule has 3 heterocycles. The van der Waals surface area contributed by atoms with Crippen molar-refractivity contribution in [2.75, 3.05) is 5.75 Å². The Bertz CT molecular complexity index is 1970. The van der Waals surface area contributed by atoms with Gasteiger partial charge in [0, 0.05) is 30.2 Å². The summed E-state index contributed by atoms with van der Waals surface area (Å²) in [6.45, 7) is 2.04. The molecule has 5 aromatic rings. The van der Waals surface area contributed by atoms with Crippen LogP contribution in [-0.4, -0.2) is 48.0 Å². The molecule has 1 aliphatic heterocycles. The Hall–Kier alpha value is -5.21. The fraction of sp³-hybridized carbons (Fsp3) is 0.206. The lowest BCUT2D eigenvalue weighted by Gasteiger charge is -2.22. The lowest BCUT2D eigenvalue weighted by molar-refractivity contribution is -0.385. The molecule has 244 valence electrons. The van der Waals surface area contributed by atoms with Gasteiger partial charge in [0.25, 0.3) is 17.5 Å². The van der Waals surface area contributed by atoms with Crippen molar-refractivity contribution in [1.29, 1.82) is 0 Å². The number of hydrazone groups is 1. The van der Waals surface area contributed by atoms with Crippen molar-refractivity contribution in [3.63, 3.8) is 0 Å². The maximum absolute atomic E-state index is 13.7. The topological polar surface area (TPSA) is 136 Å². The fourth-order valence-corrected chi connectivity index (χ4v) is 7.01. The average molecular weight is 684 g/mol. The minimum atomic E-state index is -0.518. The third-order valence-corrected chi connectivity index (χ3v) is 9.84. The van der Waals surface area contributed by atoms with E-state index in [2.05, 4.69) is 15.5 Å². The Balaban J connectivity index is 1.20. The number of carbonyl (C=O) groups is 2. The Morgan fingerprint density at radius 2 is 1.83 bits per heavy atom. The smallest absolute Gasteiger partial charge is 0.273 e. The predicted molar refractivity (Wildman–Crippen MR) is 181 cm³/mol. The third kappa shape index (κ3) is 7.34. The summed E-state index contributed by atoms with van der Waals surface area (Å²) < 4.78 is 15.6. The molecular formula is C34H30FN7O4S2. The molecule has 2 aromatic heterocycles. The van der Waals surface area contributed by atoms with E-state index in [0.29, 0.717) is 30.4 Å². The number of amides is 2. The summed E-state index contributed by atoms with van der Waals surface area (Å²) in [5, 5.41) is 31.5. The predicted octanol–water partition coefficient (Wildman–Crippen LogP) is 6.34. The van der Waals surface area contributed by atoms with E-state index in [0.717, 1.165) is 21.7 Å². The first-order chi connectivity index (χ1) is 23.3. The van der Waals surface area contributed by atoms with Crippen LogP contribution in [0.25, 0.3) is 0 Å². The van der Waals surface area contributed by atoms with Crippen LogP contribution in [0.15, 0.2) is 101 Å². The van der Waals surface area contributed by atoms with Crippen LogP contribution in [0.3, 0.4) is 0 Å². The van der Waals surface area contributed by atoms with Crippen molar-refractivity contribution in [2.45, 2.75) is 44.1 Å². The zero-order chi connectivity index (χ0) is 33.6. The average Bonchev–Trinajstić information content (AvgIpc) is 3.86. The van der Waals surface area contributed by atoms with Gasteiger partial charge in [0.2, 0.25) is 0 Å². The van der Waals surface area contributed by atoms with Crippen molar-refractivity contribution >= 4 is 46.3 Å². The van der Waals surface area contributed by atoms with Crippen molar-refractivity contribution < 1.29 is 18.9 Å². The van der Waals surface area contributed by atoms with E-state index >= 15 is 0 Å². The van der Waals surface area contributed by atoms with Gasteiger partial charge in [-0.05, 0) is 54.1 Å². The van der Waals surface area contributed by atoms with E-state index in [4.69, 9.17) is 5.10 Å². The van der Waals surface area contributed by atoms with Gasteiger partial charge in [0.05, 0.1) is 33.9 Å². The van der Waals surface area contributed by atoms with Gasteiger partial charge in [-0.15, -0.1) is 21.5 Å². The van der Waals surface area contributed by atoms with Gasteiger partial charge < -0.3 is 9.88 Å². The van der Waals surface area contributed by atoms with Crippen molar-refractivity contribution in [3.05, 3.63) is 139 Å². The molecule has 11 nitrogen and oxygen atoms in total. The maximum atomic E-state index is 13.7. The van der Waals surface area contributed by atoms with E-state index in [1.165, 1.54) is 54.0 Å². The van der Waals surface area contributed by atoms with E-state index in [-0.39, 0.29) is 46.9 Å². The molecule has 0 spiro atoms. The standard InChI is InChI=1S/C34H30FN7O4S2/c1-22-26(9-5-10-28(22)42(45)46)33(44)36-20-31-37-38-34(40(31)17-16-23-7-3-2-4-8-23)48-21-32(43)41-29(24-12-14-25(35)15-13-24)19-27(39-41)30-11-6-18-47-30/h2-15,18,29H,16-17,19-21H2,1H3,(H,36,44). The van der Waals surface area contributed by atoms with Crippen LogP contribution < -0.4 is 5.32 Å². The first-order valence-electron chi connectivity index (χ1n) is 15.1. The Morgan fingerprint density at radius 1 is 1.04 bits per heavy atom. The highest BCUT2D eigenvalue weighted by Crippen LogP contribution is 2.35. The Kier molecular flexibility index (Phi) is 10.0. The monoisotopic (exact) mass is 683 g/mol. The van der Waals surface area contributed by atoms with Crippen LogP contribution in [0.4, 0.5) is 10.1 Å². The number of nitrogens with one attached hydrogen (secondary N) is 1. The van der Waals surface area contributed by atoms with Gasteiger partial charge >= 0.3 is 0 Å². The SMILES string of the molecule is Cc1c(C(=O)NCc2nnc(SCC(=O)N3N=C(c4cccs4)CC3c3ccc(F)cc3)n2CCc2ccccc2)cccc1[N+](=O)[O-]. The van der Waals surface area contributed by atoms with Crippen LogP contribution in [0.5, 0.6) is 0 Å². The molecule has 3 aromatic carbocycles. The molecule has 0 fully saturated rings. The van der Waals surface area contributed by atoms with Gasteiger partial charge in [-0.3, -0.25) is 19.7 Å². The molecule has 0 bridgehead atoms. The number of aryl methyl sites for hydroxylation is 1. The molecule has 1 unspecified atom stereocenters. The summed E-state index contributed by atoms with van der Waals surface area (Å²) in [7, 11) is 0. The van der Waals surface area contributed by atoms with Crippen LogP contribution >= 0.6 is 23.1 Å². The fourth-order valence-electron chi connectivity index (χ4n) is 5.46. The molecule has 1 aliphatic rings. The molecule has 1 N–H and O–H groups in total. The molecule has 0 saturated carbocycles. The number of nitro groups is 1. The summed E-state index contributed by atoms with van der Waals surface area (Å²) in [6, 6.07) is 23.9. The van der Waals surface area contributed by atoms with Gasteiger partial charge in [-0.1, -0.05) is 66.4 Å². The van der Waals surface area contributed by atoms with Gasteiger partial charge in [-0.25, -0.2) is 9.40 Å². The molecular weight excluding hydrogens is 654 g/mol. The molecule has 0 saturated heterocycles. The second-order valence-electron chi connectivity index (χ2n) is 11.0. The molecule has 14 heteroatoms. The number of rotatable bonds is 12. The molecule has 48 heavy (non-hydrogen) atoms. The summed E-state index contributed by atoms with van der Waals surface area (Å²) in [4.78, 5) is 38.6. The zero-order valence-corrected chi connectivity index (χ0v) is 27.4. The highest BCUT2D eigenvalue weighted by molar-refractivity contribution is 7.99. The van der Waals surface area contributed by atoms with Crippen molar-refractivity contribution in [3.8, 4) is 0 Å². The second kappa shape index (κ2) is 14.7. The van der Waals surface area contributed by atoms with Crippen LogP contribution in [0, 0.1) is 22.9 Å². The summed E-state index contributed by atoms with van der Waals surface area (Å²) in [5.41, 5.74) is 3.00. The number of thioether (sulfide) groups is 1. The van der Waals surface area contributed by atoms with Gasteiger partial charge in [0.1, 0.15) is 5.82 Å². The molecule has 0 radical (unpaired) electrons. The number of nitro benzene ring substituents is 1. The minimum absolute atomic E-state index is 0.0155. The van der Waals surface area contributed by atoms with Crippen LogP contribution in [-0.2, 0) is 24.3 Å². The van der Waals surface area contributed by atoms with Gasteiger partial charge in [-0.2, -0.15) is 5.10 Å². The number of hydrogen-bond donors (Lipinski definition) is 1. The molecule has 6 rings (SSSR count). The van der Waals surface area contributed by atoms with E-state index in [1.807, 2.05) is 52.4 Å². The maximum Gasteiger partial charge on any atom is 0.273 e. The lowest BCUT2D eigenvalue weighted by atomic mass is 10.0. The normalized spacial score (nSPS) is 14.2. The number of halogens is 1. The highest BCUT2D eigenvalue weighted by atomic mass is 32.2. The summed E-state index contributed by atoms with van der Waals surface area (Å²) in [6.07, 6.45) is 1.16. The number of hydrogen-bond acceptors (Lipinski definition) is 9. The van der Waals surface area contributed by atoms with Crippen LogP contribution in [0.2, 0.25) is 0 Å². The van der Waals surface area contributed by atoms with E-state index in [1.54, 1.807) is 23.5 Å². The van der Waals surface area contributed by atoms with Crippen LogP contribution in [0.1, 0.15) is 50.2 Å². The molecule has 2 amide bonds. The number of aromatic nitrogens is 3. The number of carbonyl (C=O) groups excluding carboxylic acids is 2. The second-order valence-corrected chi connectivity index (χ2v) is 12.9. The summed E-state index contributed by atoms with van der Waals surface area (Å²) >= 11 is 2.76. The molecule has 1 atom stereocenters. The Morgan fingerprint density at radius 3 is 2.56 bits per heavy atom. The first kappa shape index (κ1) is 32.7. The van der Waals surface area contributed by atoms with Crippen molar-refractivity contribution in [2.24, 2.45) is 5.10 Å². The van der Waals surface area contributed by atoms with E-state index < -0.39 is 10.8 Å². The largest absolute Gasteiger partial charge is 0.345 e. The van der Waals surface area contributed by atoms with Gasteiger partial charge in [0.15, 0.2) is 11.0 Å². The highest BCUT2D eigenvalue weighted by Gasteiger charge is 2.33. The lowest BCUT2D eigenvalue weighted by Crippen LogP contribution is -2.29. The summed E-state index contributed by atoms with van der Waals surface area (Å²) in [5.74, 6) is -0.581. The number of nitrogens with zero attached hydrogens (tertiary/aromatic N) is 6. The minimum Gasteiger partial charge on any atom is -0.345 e. The first-order valence-corrected chi connectivity index (χ1v) is 16.9. The Labute approximate surface area is 283 Å². The number of thiophene rings is 1. The van der Waals surface area contributed by atoms with Crippen molar-refractivity contribution in [1.82, 2.24) is 25.1 Å². The molecule has 0 aliphatic carbocycles. The quantitative estimate of drug-likeness (QED) is 0.0921. The number of benzene rings is 3. The third-order valence-electron chi connectivity index (χ3n) is 7.96.